The van der Waals surface area contributed by atoms with Crippen LogP contribution in [0, 0.1) is 0 Å². The van der Waals surface area contributed by atoms with Crippen molar-refractivity contribution >= 4 is 36.5 Å². The van der Waals surface area contributed by atoms with Crippen LogP contribution in [0.25, 0.3) is 10.9 Å². The Morgan fingerprint density at radius 2 is 2.12 bits per heavy atom. The number of halogens is 1. The maximum atomic E-state index is 11.2. The van der Waals surface area contributed by atoms with E-state index >= 15 is 0 Å². The van der Waals surface area contributed by atoms with Crippen LogP contribution in [0.3, 0.4) is 0 Å². The molecule has 0 fully saturated rings. The zero-order valence-corrected chi connectivity index (χ0v) is 9.79. The predicted octanol–water partition coefficient (Wildman–Crippen LogP) is 1.62. The number of benzene rings is 1. The second-order valence-corrected chi connectivity index (χ2v) is 5.80. The molecule has 2 rings (SSSR count). The van der Waals surface area contributed by atoms with Crippen LogP contribution in [0.2, 0.25) is 0 Å². The summed E-state index contributed by atoms with van der Waals surface area (Å²) < 4.78 is 23.4. The summed E-state index contributed by atoms with van der Waals surface area (Å²) in [5.74, 6) is -0.239. The largest absolute Gasteiger partial charge is 0.273 e. The maximum Gasteiger partial charge on any atom is 0.261 e. The van der Waals surface area contributed by atoms with Gasteiger partial charge in [-0.25, -0.2) is 13.1 Å². The van der Waals surface area contributed by atoms with Gasteiger partial charge in [0.05, 0.1) is 16.6 Å². The fourth-order valence-electron chi connectivity index (χ4n) is 1.41. The van der Waals surface area contributed by atoms with E-state index in [4.69, 9.17) is 10.7 Å². The van der Waals surface area contributed by atoms with Gasteiger partial charge in [0.25, 0.3) is 9.05 Å². The summed E-state index contributed by atoms with van der Waals surface area (Å²) in [6.07, 6.45) is 1.42. The van der Waals surface area contributed by atoms with E-state index in [1.54, 1.807) is 0 Å². The van der Waals surface area contributed by atoms with Crippen molar-refractivity contribution in [2.24, 2.45) is 0 Å². The molecule has 1 aromatic carbocycles. The zero-order chi connectivity index (χ0) is 11.9. The molecule has 1 heterocycles. The summed E-state index contributed by atoms with van der Waals surface area (Å²) in [5, 5.41) is 4.40. The van der Waals surface area contributed by atoms with Crippen molar-refractivity contribution in [3.8, 4) is 0 Å². The molecular weight excluding hydrogens is 252 g/mol. The molecule has 0 amide bonds. The molecule has 1 aromatic heterocycles. The zero-order valence-electron chi connectivity index (χ0n) is 8.21. The molecule has 2 aromatic rings. The molecule has 0 atom stereocenters. The molecule has 5 nitrogen and oxygen atoms in total. The topological polar surface area (TPSA) is 69.0 Å². The quantitative estimate of drug-likeness (QED) is 0.729. The molecule has 0 unspecified atom stereocenters. The molecule has 16 heavy (non-hydrogen) atoms. The molecule has 0 spiro atoms. The molecule has 0 radical (unpaired) electrons. The van der Waals surface area contributed by atoms with Gasteiger partial charge < -0.3 is 0 Å². The monoisotopic (exact) mass is 258 g/mol. The third-order valence-corrected chi connectivity index (χ3v) is 3.47. The number of carbonyl (C=O) groups is 1. The highest BCUT2D eigenvalue weighted by Crippen LogP contribution is 2.21. The lowest BCUT2D eigenvalue weighted by atomic mass is 10.2. The molecule has 0 N–H and O–H groups in total. The minimum Gasteiger partial charge on any atom is -0.273 e. The van der Waals surface area contributed by atoms with Crippen LogP contribution in [0.1, 0.15) is 11.7 Å². The SMILES string of the molecule is CC(=O)n1ncc2cc(S(=O)(=O)Cl)ccc21. The van der Waals surface area contributed by atoms with Crippen molar-refractivity contribution in [3.63, 3.8) is 0 Å². The van der Waals surface area contributed by atoms with Crippen molar-refractivity contribution in [1.29, 1.82) is 0 Å². The van der Waals surface area contributed by atoms with E-state index in [0.29, 0.717) is 10.9 Å². The first-order valence-corrected chi connectivity index (χ1v) is 6.64. The van der Waals surface area contributed by atoms with Crippen LogP contribution in [-0.4, -0.2) is 24.1 Å². The second kappa shape index (κ2) is 3.57. The number of hydrogen-bond acceptors (Lipinski definition) is 4. The van der Waals surface area contributed by atoms with Crippen LogP contribution >= 0.6 is 10.7 Å². The number of nitrogens with zero attached hydrogens (tertiary/aromatic N) is 2. The van der Waals surface area contributed by atoms with Gasteiger partial charge in [0.2, 0.25) is 5.91 Å². The van der Waals surface area contributed by atoms with Gasteiger partial charge in [-0.05, 0) is 18.2 Å². The van der Waals surface area contributed by atoms with Gasteiger partial charge in [-0.3, -0.25) is 4.79 Å². The molecule has 0 aliphatic heterocycles. The first-order valence-electron chi connectivity index (χ1n) is 4.33. The van der Waals surface area contributed by atoms with E-state index in [0.717, 1.165) is 0 Å². The highest BCUT2D eigenvalue weighted by molar-refractivity contribution is 8.13. The third kappa shape index (κ3) is 1.81. The summed E-state index contributed by atoms with van der Waals surface area (Å²) in [7, 11) is 1.45. The number of fused-ring (bicyclic) bond motifs is 1. The van der Waals surface area contributed by atoms with Crippen LogP contribution in [-0.2, 0) is 9.05 Å². The number of carbonyl (C=O) groups excluding carboxylic acids is 1. The van der Waals surface area contributed by atoms with Gasteiger partial charge in [-0.1, -0.05) is 0 Å². The van der Waals surface area contributed by atoms with Crippen LogP contribution in [0.4, 0.5) is 0 Å². The fraction of sp³-hybridized carbons (Fsp3) is 0.111. The summed E-state index contributed by atoms with van der Waals surface area (Å²) in [4.78, 5) is 11.1. The molecular formula is C9H7ClN2O3S. The van der Waals surface area contributed by atoms with Gasteiger partial charge in [0.15, 0.2) is 0 Å². The fourth-order valence-corrected chi connectivity index (χ4v) is 2.20. The average Bonchev–Trinajstić information content (AvgIpc) is 2.58. The highest BCUT2D eigenvalue weighted by atomic mass is 35.7. The molecule has 0 saturated carbocycles. The Hall–Kier alpha value is -1.40. The molecule has 0 saturated heterocycles. The van der Waals surface area contributed by atoms with Crippen molar-refractivity contribution in [2.45, 2.75) is 11.8 Å². The maximum absolute atomic E-state index is 11.2. The lowest BCUT2D eigenvalue weighted by Gasteiger charge is -1.98. The molecule has 0 bridgehead atoms. The standard InChI is InChI=1S/C9H7ClN2O3S/c1-6(13)12-9-3-2-8(16(10,14)15)4-7(9)5-11-12/h2-5H,1H3. The Balaban J connectivity index is 2.71. The van der Waals surface area contributed by atoms with E-state index in [2.05, 4.69) is 5.10 Å². The van der Waals surface area contributed by atoms with E-state index in [1.807, 2.05) is 0 Å². The molecule has 0 aliphatic carbocycles. The Bertz CT molecular complexity index is 675. The van der Waals surface area contributed by atoms with Gasteiger partial charge in [0, 0.05) is 23.0 Å². The Kier molecular flexibility index (Phi) is 2.47. The summed E-state index contributed by atoms with van der Waals surface area (Å²) in [6.45, 7) is 1.37. The third-order valence-electron chi connectivity index (χ3n) is 2.12. The van der Waals surface area contributed by atoms with Crippen molar-refractivity contribution in [2.75, 3.05) is 0 Å². The van der Waals surface area contributed by atoms with Crippen LogP contribution < -0.4 is 0 Å². The minimum atomic E-state index is -3.76. The average molecular weight is 259 g/mol. The lowest BCUT2D eigenvalue weighted by Crippen LogP contribution is -2.06. The summed E-state index contributed by atoms with van der Waals surface area (Å²) in [6, 6.07) is 4.22. The molecule has 0 aliphatic rings. The second-order valence-electron chi connectivity index (χ2n) is 3.23. The van der Waals surface area contributed by atoms with Crippen LogP contribution in [0.5, 0.6) is 0 Å². The van der Waals surface area contributed by atoms with Gasteiger partial charge in [0.1, 0.15) is 0 Å². The first-order chi connectivity index (χ1) is 7.39. The van der Waals surface area contributed by atoms with E-state index in [-0.39, 0.29) is 10.8 Å². The van der Waals surface area contributed by atoms with E-state index in [9.17, 15) is 13.2 Å². The van der Waals surface area contributed by atoms with Gasteiger partial charge >= 0.3 is 0 Å². The number of rotatable bonds is 1. The minimum absolute atomic E-state index is 0.00947. The Labute approximate surface area is 96.0 Å². The van der Waals surface area contributed by atoms with E-state index < -0.39 is 9.05 Å². The molecule has 84 valence electrons. The van der Waals surface area contributed by atoms with Gasteiger partial charge in [-0.15, -0.1) is 0 Å². The van der Waals surface area contributed by atoms with Gasteiger partial charge in [-0.2, -0.15) is 5.10 Å². The van der Waals surface area contributed by atoms with Crippen LogP contribution in [0.15, 0.2) is 29.3 Å². The normalized spacial score (nSPS) is 11.9. The van der Waals surface area contributed by atoms with Crippen molar-refractivity contribution in [3.05, 3.63) is 24.4 Å². The summed E-state index contributed by atoms with van der Waals surface area (Å²) >= 11 is 0. The Morgan fingerprint density at radius 1 is 1.44 bits per heavy atom. The van der Waals surface area contributed by atoms with Crippen molar-refractivity contribution < 1.29 is 13.2 Å². The number of hydrogen-bond donors (Lipinski definition) is 0. The smallest absolute Gasteiger partial charge is 0.261 e. The summed E-state index contributed by atoms with van der Waals surface area (Å²) in [5.41, 5.74) is 0.552. The van der Waals surface area contributed by atoms with E-state index in [1.165, 1.54) is 36.0 Å². The Morgan fingerprint density at radius 3 is 2.69 bits per heavy atom. The first kappa shape index (κ1) is 11.1. The lowest BCUT2D eigenvalue weighted by molar-refractivity contribution is 0.0927. The predicted molar refractivity (Wildman–Crippen MR) is 59.1 cm³/mol. The van der Waals surface area contributed by atoms with Crippen molar-refractivity contribution in [1.82, 2.24) is 9.78 Å². The highest BCUT2D eigenvalue weighted by Gasteiger charge is 2.13. The molecule has 7 heteroatoms. The number of aromatic nitrogens is 2.